The maximum atomic E-state index is 11.0. The summed E-state index contributed by atoms with van der Waals surface area (Å²) in [7, 11) is 0. The average Bonchev–Trinajstić information content (AvgIpc) is 2.00. The van der Waals surface area contributed by atoms with Gasteiger partial charge in [0.25, 0.3) is 0 Å². The van der Waals surface area contributed by atoms with Gasteiger partial charge in [-0.25, -0.2) is 4.79 Å². The Morgan fingerprint density at radius 3 is 2.07 bits per heavy atom. The molecule has 0 rings (SSSR count). The van der Waals surface area contributed by atoms with E-state index in [1.54, 1.807) is 20.8 Å². The van der Waals surface area contributed by atoms with E-state index in [-0.39, 0.29) is 12.3 Å². The van der Waals surface area contributed by atoms with E-state index < -0.39 is 23.1 Å². The maximum Gasteiger partial charge on any atom is 0.383 e. The van der Waals surface area contributed by atoms with Gasteiger partial charge in [0.05, 0.1) is 0 Å². The molecule has 0 atom stereocenters. The molecule has 14 heavy (non-hydrogen) atoms. The number of halogens is 1. The molecule has 0 aliphatic rings. The van der Waals surface area contributed by atoms with Crippen LogP contribution in [0.25, 0.3) is 0 Å². The molecule has 0 saturated heterocycles. The minimum atomic E-state index is -1.14. The summed E-state index contributed by atoms with van der Waals surface area (Å²) in [6, 6.07) is 0. The highest BCUT2D eigenvalue weighted by Crippen LogP contribution is 2.07. The number of ketones is 2. The molecule has 0 amide bonds. The van der Waals surface area contributed by atoms with Crippen LogP contribution in [0.5, 0.6) is 0 Å². The number of carbonyl (C=O) groups is 3. The third kappa shape index (κ3) is 4.97. The highest BCUT2D eigenvalue weighted by Gasteiger charge is 2.27. The molecule has 0 heterocycles. The van der Waals surface area contributed by atoms with Crippen LogP contribution < -0.4 is 0 Å². The maximum absolute atomic E-state index is 11.0. The molecule has 0 aliphatic heterocycles. The van der Waals surface area contributed by atoms with Crippen molar-refractivity contribution in [2.45, 2.75) is 32.8 Å². The normalized spacial score (nSPS) is 10.9. The molecule has 0 saturated carbocycles. The third-order valence-corrected chi connectivity index (χ3v) is 1.35. The fraction of sp³-hybridized carbons (Fsp3) is 0.667. The van der Waals surface area contributed by atoms with Crippen LogP contribution >= 0.6 is 11.6 Å². The number of esters is 1. The van der Waals surface area contributed by atoms with E-state index in [1.165, 1.54) is 0 Å². The van der Waals surface area contributed by atoms with Crippen molar-refractivity contribution in [3.8, 4) is 0 Å². The second-order valence-electron chi connectivity index (χ2n) is 3.69. The van der Waals surface area contributed by atoms with Crippen molar-refractivity contribution in [3.05, 3.63) is 0 Å². The number of Topliss-reactive ketones (excluding diaryl/α,β-unsaturated/α-hetero) is 2. The molecule has 5 heteroatoms. The van der Waals surface area contributed by atoms with Crippen molar-refractivity contribution in [1.82, 2.24) is 0 Å². The van der Waals surface area contributed by atoms with Gasteiger partial charge < -0.3 is 4.74 Å². The molecule has 0 bridgehead atoms. The first-order chi connectivity index (χ1) is 6.28. The fourth-order valence-corrected chi connectivity index (χ4v) is 0.809. The van der Waals surface area contributed by atoms with Gasteiger partial charge in [0.1, 0.15) is 5.60 Å². The first kappa shape index (κ1) is 13.1. The summed E-state index contributed by atoms with van der Waals surface area (Å²) < 4.78 is 4.71. The van der Waals surface area contributed by atoms with Crippen LogP contribution in [0.2, 0.25) is 0 Å². The molecule has 0 aromatic heterocycles. The first-order valence-electron chi connectivity index (χ1n) is 4.14. The second-order valence-corrected chi connectivity index (χ2v) is 4.07. The van der Waals surface area contributed by atoms with E-state index in [2.05, 4.69) is 0 Å². The number of rotatable bonds is 4. The van der Waals surface area contributed by atoms with Crippen LogP contribution in [-0.4, -0.2) is 29.0 Å². The fourth-order valence-electron chi connectivity index (χ4n) is 0.638. The minimum Gasteiger partial charge on any atom is -0.454 e. The van der Waals surface area contributed by atoms with Crippen molar-refractivity contribution in [2.75, 3.05) is 5.88 Å². The summed E-state index contributed by atoms with van der Waals surface area (Å²) in [5.41, 5.74) is -0.770. The quantitative estimate of drug-likeness (QED) is 0.308. The standard InChI is InChI=1S/C9H13ClO4/c1-9(2,3)14-8(13)7(12)6(11)4-5-10/h4-5H2,1-3H3. The van der Waals surface area contributed by atoms with E-state index in [1.807, 2.05) is 0 Å². The number of hydrogen-bond acceptors (Lipinski definition) is 4. The zero-order valence-electron chi connectivity index (χ0n) is 8.43. The summed E-state index contributed by atoms with van der Waals surface area (Å²) >= 11 is 5.25. The Morgan fingerprint density at radius 1 is 1.21 bits per heavy atom. The Bertz CT molecular complexity index is 252. The average molecular weight is 221 g/mol. The Kier molecular flexibility index (Phi) is 4.77. The van der Waals surface area contributed by atoms with E-state index in [4.69, 9.17) is 16.3 Å². The van der Waals surface area contributed by atoms with Crippen LogP contribution in [0.4, 0.5) is 0 Å². The lowest BCUT2D eigenvalue weighted by Crippen LogP contribution is -2.33. The van der Waals surface area contributed by atoms with Crippen molar-refractivity contribution in [3.63, 3.8) is 0 Å². The molecule has 0 aliphatic carbocycles. The summed E-state index contributed by atoms with van der Waals surface area (Å²) in [6.45, 7) is 4.85. The number of ether oxygens (including phenoxy) is 1. The van der Waals surface area contributed by atoms with Gasteiger partial charge in [-0.05, 0) is 20.8 Å². The molecular formula is C9H13ClO4. The third-order valence-electron chi connectivity index (χ3n) is 1.16. The van der Waals surface area contributed by atoms with Crippen molar-refractivity contribution in [2.24, 2.45) is 0 Å². The van der Waals surface area contributed by atoms with E-state index in [9.17, 15) is 14.4 Å². The zero-order valence-corrected chi connectivity index (χ0v) is 9.18. The Morgan fingerprint density at radius 2 is 1.71 bits per heavy atom. The number of hydrogen-bond donors (Lipinski definition) is 0. The molecule has 4 nitrogen and oxygen atoms in total. The predicted molar refractivity (Wildman–Crippen MR) is 51.2 cm³/mol. The van der Waals surface area contributed by atoms with E-state index in [0.29, 0.717) is 0 Å². The molecule has 0 fully saturated rings. The zero-order chi connectivity index (χ0) is 11.4. The first-order valence-corrected chi connectivity index (χ1v) is 4.68. The van der Waals surface area contributed by atoms with Crippen molar-refractivity contribution >= 4 is 29.1 Å². The minimum absolute atomic E-state index is 0.0212. The van der Waals surface area contributed by atoms with Crippen LogP contribution in [0.3, 0.4) is 0 Å². The monoisotopic (exact) mass is 220 g/mol. The van der Waals surface area contributed by atoms with Gasteiger partial charge in [0.2, 0.25) is 5.78 Å². The Labute approximate surface area is 87.6 Å². The molecule has 0 aromatic carbocycles. The summed E-state index contributed by atoms with van der Waals surface area (Å²) in [5.74, 6) is -3.05. The SMILES string of the molecule is CC(C)(C)OC(=O)C(=O)C(=O)CCCl. The summed E-state index contributed by atoms with van der Waals surface area (Å²) in [6.07, 6.45) is -0.139. The number of carbonyl (C=O) groups excluding carboxylic acids is 3. The summed E-state index contributed by atoms with van der Waals surface area (Å²) in [4.78, 5) is 33.0. The molecule has 0 spiro atoms. The second kappa shape index (κ2) is 5.10. The van der Waals surface area contributed by atoms with Gasteiger partial charge >= 0.3 is 11.8 Å². The molecule has 0 radical (unpaired) electrons. The van der Waals surface area contributed by atoms with E-state index >= 15 is 0 Å². The van der Waals surface area contributed by atoms with Crippen LogP contribution in [0.15, 0.2) is 0 Å². The van der Waals surface area contributed by atoms with Gasteiger partial charge in [-0.1, -0.05) is 0 Å². The van der Waals surface area contributed by atoms with Gasteiger partial charge in [0, 0.05) is 12.3 Å². The molecule has 80 valence electrons. The van der Waals surface area contributed by atoms with Crippen molar-refractivity contribution in [1.29, 1.82) is 0 Å². The molecule has 0 unspecified atom stereocenters. The van der Waals surface area contributed by atoms with Gasteiger partial charge in [-0.15, -0.1) is 11.6 Å². The smallest absolute Gasteiger partial charge is 0.383 e. The van der Waals surface area contributed by atoms with Gasteiger partial charge in [0.15, 0.2) is 0 Å². The lowest BCUT2D eigenvalue weighted by molar-refractivity contribution is -0.164. The number of alkyl halides is 1. The van der Waals surface area contributed by atoms with Crippen molar-refractivity contribution < 1.29 is 19.1 Å². The van der Waals surface area contributed by atoms with E-state index in [0.717, 1.165) is 0 Å². The molecular weight excluding hydrogens is 208 g/mol. The lowest BCUT2D eigenvalue weighted by Gasteiger charge is -2.18. The lowest BCUT2D eigenvalue weighted by atomic mass is 10.1. The highest BCUT2D eigenvalue weighted by molar-refractivity contribution is 6.62. The van der Waals surface area contributed by atoms with Gasteiger partial charge in [-0.2, -0.15) is 0 Å². The Hall–Kier alpha value is -0.900. The topological polar surface area (TPSA) is 60.4 Å². The molecule has 0 aromatic rings. The molecule has 0 N–H and O–H groups in total. The van der Waals surface area contributed by atoms with Crippen LogP contribution in [-0.2, 0) is 19.1 Å². The van der Waals surface area contributed by atoms with Gasteiger partial charge in [-0.3, -0.25) is 9.59 Å². The largest absolute Gasteiger partial charge is 0.454 e. The van der Waals surface area contributed by atoms with Crippen LogP contribution in [0.1, 0.15) is 27.2 Å². The highest BCUT2D eigenvalue weighted by atomic mass is 35.5. The summed E-state index contributed by atoms with van der Waals surface area (Å²) in [5, 5.41) is 0. The van der Waals surface area contributed by atoms with Crippen LogP contribution in [0, 0.1) is 0 Å². The Balaban J connectivity index is 4.27. The predicted octanol–water partition coefficient (Wildman–Crippen LogP) is 1.10.